The number of para-hydroxylation sites is 1. The molecule has 23 heavy (non-hydrogen) atoms. The molecule has 0 aliphatic carbocycles. The van der Waals surface area contributed by atoms with Gasteiger partial charge < -0.3 is 10.1 Å². The molecule has 1 heterocycles. The first-order chi connectivity index (χ1) is 11.0. The van der Waals surface area contributed by atoms with E-state index in [1.807, 2.05) is 24.3 Å². The van der Waals surface area contributed by atoms with Crippen molar-refractivity contribution in [2.45, 2.75) is 39.2 Å². The van der Waals surface area contributed by atoms with Crippen molar-refractivity contribution in [3.05, 3.63) is 52.2 Å². The molecule has 0 radical (unpaired) electrons. The zero-order valence-corrected chi connectivity index (χ0v) is 14.4. The topological polar surface area (TPSA) is 55.4 Å². The van der Waals surface area contributed by atoms with Crippen LogP contribution in [0, 0.1) is 0 Å². The third kappa shape index (κ3) is 4.42. The molecule has 0 bridgehead atoms. The number of thiophene rings is 1. The average molecular weight is 331 g/mol. The second kappa shape index (κ2) is 7.92. The van der Waals surface area contributed by atoms with Gasteiger partial charge in [-0.05, 0) is 42.3 Å². The first-order valence-corrected chi connectivity index (χ1v) is 8.55. The Morgan fingerprint density at radius 3 is 2.57 bits per heavy atom. The molecule has 1 N–H and O–H groups in total. The van der Waals surface area contributed by atoms with Gasteiger partial charge in [-0.1, -0.05) is 38.1 Å². The van der Waals surface area contributed by atoms with Crippen LogP contribution in [0.1, 0.15) is 48.3 Å². The van der Waals surface area contributed by atoms with Crippen molar-refractivity contribution >= 4 is 28.9 Å². The van der Waals surface area contributed by atoms with Crippen LogP contribution in [0.2, 0.25) is 0 Å². The molecule has 0 aliphatic rings. The van der Waals surface area contributed by atoms with Crippen molar-refractivity contribution < 1.29 is 14.3 Å². The fraction of sp³-hybridized carbons (Fsp3) is 0.333. The van der Waals surface area contributed by atoms with Gasteiger partial charge in [0, 0.05) is 5.69 Å². The van der Waals surface area contributed by atoms with Crippen LogP contribution in [-0.4, -0.2) is 18.0 Å². The van der Waals surface area contributed by atoms with Crippen molar-refractivity contribution in [1.82, 2.24) is 0 Å². The Bertz CT molecular complexity index is 667. The third-order valence-electron chi connectivity index (χ3n) is 3.74. The lowest BCUT2D eigenvalue weighted by molar-refractivity contribution is -0.123. The molecule has 0 saturated heterocycles. The minimum absolute atomic E-state index is 0.328. The van der Waals surface area contributed by atoms with Crippen molar-refractivity contribution in [3.63, 3.8) is 0 Å². The fourth-order valence-corrected chi connectivity index (χ4v) is 2.77. The molecule has 0 spiro atoms. The molecule has 1 amide bonds. The van der Waals surface area contributed by atoms with Crippen LogP contribution in [-0.2, 0) is 9.53 Å². The maximum Gasteiger partial charge on any atom is 0.349 e. The molecular weight excluding hydrogens is 310 g/mol. The molecule has 2 aromatic rings. The van der Waals surface area contributed by atoms with E-state index in [-0.39, 0.29) is 5.91 Å². The Hall–Kier alpha value is -2.14. The summed E-state index contributed by atoms with van der Waals surface area (Å²) >= 11 is 1.29. The molecule has 1 aromatic carbocycles. The second-order valence-electron chi connectivity index (χ2n) is 5.41. The highest BCUT2D eigenvalue weighted by molar-refractivity contribution is 7.11. The number of hydrogen-bond acceptors (Lipinski definition) is 4. The smallest absolute Gasteiger partial charge is 0.349 e. The van der Waals surface area contributed by atoms with Gasteiger partial charge in [0.05, 0.1) is 0 Å². The van der Waals surface area contributed by atoms with E-state index >= 15 is 0 Å². The average Bonchev–Trinajstić information content (AvgIpc) is 3.09. The maximum absolute atomic E-state index is 12.3. The number of anilines is 1. The van der Waals surface area contributed by atoms with E-state index in [0.717, 1.165) is 17.7 Å². The summed E-state index contributed by atoms with van der Waals surface area (Å²) < 4.78 is 5.21. The highest BCUT2D eigenvalue weighted by Crippen LogP contribution is 2.26. The summed E-state index contributed by atoms with van der Waals surface area (Å²) in [7, 11) is 0. The number of carbonyl (C=O) groups excluding carboxylic acids is 2. The largest absolute Gasteiger partial charge is 0.448 e. The predicted molar refractivity (Wildman–Crippen MR) is 93.0 cm³/mol. The molecule has 2 atom stereocenters. The van der Waals surface area contributed by atoms with Crippen LogP contribution in [0.25, 0.3) is 0 Å². The number of rotatable bonds is 6. The Labute approximate surface area is 140 Å². The molecule has 1 aromatic heterocycles. The van der Waals surface area contributed by atoms with E-state index in [1.54, 1.807) is 24.4 Å². The molecule has 122 valence electrons. The van der Waals surface area contributed by atoms with Crippen LogP contribution < -0.4 is 5.32 Å². The van der Waals surface area contributed by atoms with E-state index in [4.69, 9.17) is 4.74 Å². The minimum atomic E-state index is -0.852. The van der Waals surface area contributed by atoms with Crippen LogP contribution in [0.4, 0.5) is 5.69 Å². The Balaban J connectivity index is 2.03. The van der Waals surface area contributed by atoms with E-state index in [9.17, 15) is 9.59 Å². The van der Waals surface area contributed by atoms with E-state index in [1.165, 1.54) is 11.3 Å². The summed E-state index contributed by atoms with van der Waals surface area (Å²) in [6, 6.07) is 11.2. The Morgan fingerprint density at radius 2 is 1.91 bits per heavy atom. The quantitative estimate of drug-likeness (QED) is 0.796. The summed E-state index contributed by atoms with van der Waals surface area (Å²) in [6.07, 6.45) is 0.130. The van der Waals surface area contributed by atoms with Crippen LogP contribution >= 0.6 is 11.3 Å². The number of nitrogens with one attached hydrogen (secondary N) is 1. The standard InChI is InChI=1S/C18H21NO3S/c1-4-12(2)14-8-5-6-9-15(14)19-17(20)13(3)22-18(21)16-10-7-11-23-16/h5-13H,4H2,1-3H3,(H,19,20)/t12-,13+/m0/s1. The van der Waals surface area contributed by atoms with E-state index in [0.29, 0.717) is 10.8 Å². The van der Waals surface area contributed by atoms with Crippen LogP contribution in [0.3, 0.4) is 0 Å². The van der Waals surface area contributed by atoms with Crippen molar-refractivity contribution in [1.29, 1.82) is 0 Å². The molecule has 0 aliphatic heterocycles. The lowest BCUT2D eigenvalue weighted by atomic mass is 9.97. The Kier molecular flexibility index (Phi) is 5.93. The predicted octanol–water partition coefficient (Wildman–Crippen LogP) is 4.45. The number of ether oxygens (including phenoxy) is 1. The summed E-state index contributed by atoms with van der Waals surface area (Å²) in [5, 5.41) is 4.66. The molecule has 4 nitrogen and oxygen atoms in total. The van der Waals surface area contributed by atoms with Crippen molar-refractivity contribution in [2.75, 3.05) is 5.32 Å². The van der Waals surface area contributed by atoms with Gasteiger partial charge in [-0.2, -0.15) is 0 Å². The Morgan fingerprint density at radius 1 is 1.17 bits per heavy atom. The van der Waals surface area contributed by atoms with E-state index < -0.39 is 12.1 Å². The summed E-state index contributed by atoms with van der Waals surface area (Å²) in [4.78, 5) is 24.7. The lowest BCUT2D eigenvalue weighted by Crippen LogP contribution is -2.30. The maximum atomic E-state index is 12.3. The third-order valence-corrected chi connectivity index (χ3v) is 4.59. The lowest BCUT2D eigenvalue weighted by Gasteiger charge is -2.18. The van der Waals surface area contributed by atoms with Gasteiger partial charge in [-0.15, -0.1) is 11.3 Å². The van der Waals surface area contributed by atoms with Gasteiger partial charge in [0.1, 0.15) is 4.88 Å². The first-order valence-electron chi connectivity index (χ1n) is 7.67. The summed E-state index contributed by atoms with van der Waals surface area (Å²) in [5.41, 5.74) is 1.85. The van der Waals surface area contributed by atoms with Gasteiger partial charge in [-0.3, -0.25) is 4.79 Å². The number of amides is 1. The summed E-state index contributed by atoms with van der Waals surface area (Å²) in [6.45, 7) is 5.80. The zero-order valence-electron chi connectivity index (χ0n) is 13.5. The monoisotopic (exact) mass is 331 g/mol. The van der Waals surface area contributed by atoms with Crippen molar-refractivity contribution in [2.24, 2.45) is 0 Å². The molecular formula is C18H21NO3S. The fourth-order valence-electron chi connectivity index (χ4n) is 2.16. The van der Waals surface area contributed by atoms with Crippen molar-refractivity contribution in [3.8, 4) is 0 Å². The van der Waals surface area contributed by atoms with Gasteiger partial charge in [0.25, 0.3) is 5.91 Å². The SMILES string of the molecule is CC[C@H](C)c1ccccc1NC(=O)[C@@H](C)OC(=O)c1cccs1. The van der Waals surface area contributed by atoms with Gasteiger partial charge in [0.15, 0.2) is 6.10 Å². The molecule has 0 fully saturated rings. The number of benzene rings is 1. The zero-order chi connectivity index (χ0) is 16.8. The molecule has 2 rings (SSSR count). The molecule has 0 saturated carbocycles. The number of hydrogen-bond donors (Lipinski definition) is 1. The highest BCUT2D eigenvalue weighted by atomic mass is 32.1. The van der Waals surface area contributed by atoms with Gasteiger partial charge >= 0.3 is 5.97 Å². The van der Waals surface area contributed by atoms with Crippen LogP contribution in [0.15, 0.2) is 41.8 Å². The van der Waals surface area contributed by atoms with E-state index in [2.05, 4.69) is 19.2 Å². The molecule has 5 heteroatoms. The second-order valence-corrected chi connectivity index (χ2v) is 6.36. The summed E-state index contributed by atoms with van der Waals surface area (Å²) in [5.74, 6) is -0.459. The normalized spacial score (nSPS) is 13.2. The first kappa shape index (κ1) is 17.2. The molecule has 0 unspecified atom stereocenters. The highest BCUT2D eigenvalue weighted by Gasteiger charge is 2.20. The van der Waals surface area contributed by atoms with Gasteiger partial charge in [0.2, 0.25) is 0 Å². The number of carbonyl (C=O) groups is 2. The minimum Gasteiger partial charge on any atom is -0.448 e. The number of esters is 1. The van der Waals surface area contributed by atoms with Crippen LogP contribution in [0.5, 0.6) is 0 Å². The van der Waals surface area contributed by atoms with Gasteiger partial charge in [-0.25, -0.2) is 4.79 Å².